The number of ether oxygens (including phenoxy) is 4. The number of aliphatic hydroxyl groups is 1. The van der Waals surface area contributed by atoms with E-state index in [0.717, 1.165) is 167 Å². The second-order valence-electron chi connectivity index (χ2n) is 26.6. The fraction of sp³-hybridized carbons (Fsp3) is 0.655. The van der Waals surface area contributed by atoms with Crippen molar-refractivity contribution in [2.75, 3.05) is 39.6 Å². The number of carbonyl (C=O) groups is 4. The maximum Gasteiger partial charge on any atom is 0.472 e. The Morgan fingerprint density at radius 2 is 0.509 bits per heavy atom. The molecule has 0 aliphatic heterocycles. The lowest BCUT2D eigenvalue weighted by atomic mass is 10.1. The summed E-state index contributed by atoms with van der Waals surface area (Å²) in [6.07, 6.45) is 90.9. The smallest absolute Gasteiger partial charge is 0.462 e. The number of phosphoric ester groups is 2. The second-order valence-corrected chi connectivity index (χ2v) is 29.5. The summed E-state index contributed by atoms with van der Waals surface area (Å²) < 4.78 is 68.5. The van der Waals surface area contributed by atoms with Gasteiger partial charge in [0.25, 0.3) is 0 Å². The maximum atomic E-state index is 13.1. The Bertz CT molecular complexity index is 2630. The molecule has 5 atom stereocenters. The molecule has 0 aliphatic carbocycles. The molecule has 604 valence electrons. The van der Waals surface area contributed by atoms with Crippen LogP contribution in [0.5, 0.6) is 0 Å². The van der Waals surface area contributed by atoms with Crippen LogP contribution in [0.25, 0.3) is 0 Å². The molecular formula is C87H144O17P2. The Kier molecular flexibility index (Phi) is 73.9. The average molecular weight is 1520 g/mol. The van der Waals surface area contributed by atoms with Gasteiger partial charge < -0.3 is 33.8 Å². The normalized spacial score (nSPS) is 14.7. The van der Waals surface area contributed by atoms with E-state index in [0.29, 0.717) is 32.1 Å². The van der Waals surface area contributed by atoms with Gasteiger partial charge in [-0.25, -0.2) is 9.13 Å². The zero-order chi connectivity index (χ0) is 77.4. The van der Waals surface area contributed by atoms with Crippen LogP contribution in [0.4, 0.5) is 0 Å². The van der Waals surface area contributed by atoms with Crippen LogP contribution in [0.3, 0.4) is 0 Å². The molecule has 0 aromatic heterocycles. The van der Waals surface area contributed by atoms with E-state index in [4.69, 9.17) is 37.0 Å². The highest BCUT2D eigenvalue weighted by atomic mass is 31.2. The van der Waals surface area contributed by atoms with Crippen molar-refractivity contribution >= 4 is 39.5 Å². The number of phosphoric acid groups is 2. The molecule has 0 aromatic carbocycles. The molecule has 19 heteroatoms. The van der Waals surface area contributed by atoms with Gasteiger partial charge in [0, 0.05) is 25.7 Å². The Balaban J connectivity index is 5.43. The summed E-state index contributed by atoms with van der Waals surface area (Å²) in [5, 5.41) is 10.6. The molecule has 0 heterocycles. The van der Waals surface area contributed by atoms with Crippen LogP contribution in [0, 0.1) is 0 Å². The maximum absolute atomic E-state index is 13.1. The molecule has 106 heavy (non-hydrogen) atoms. The summed E-state index contributed by atoms with van der Waals surface area (Å²) in [6, 6.07) is 0. The molecule has 0 saturated heterocycles. The van der Waals surface area contributed by atoms with E-state index in [9.17, 15) is 43.2 Å². The van der Waals surface area contributed by atoms with E-state index >= 15 is 0 Å². The van der Waals surface area contributed by atoms with Crippen LogP contribution < -0.4 is 0 Å². The Hall–Kier alpha value is -5.32. The molecule has 0 aliphatic rings. The van der Waals surface area contributed by atoms with Crippen molar-refractivity contribution in [2.24, 2.45) is 0 Å². The first-order valence-corrected chi connectivity index (χ1v) is 43.7. The van der Waals surface area contributed by atoms with Gasteiger partial charge in [0.1, 0.15) is 19.3 Å². The van der Waals surface area contributed by atoms with Crippen molar-refractivity contribution in [2.45, 2.75) is 329 Å². The van der Waals surface area contributed by atoms with Gasteiger partial charge in [-0.15, -0.1) is 0 Å². The lowest BCUT2D eigenvalue weighted by Crippen LogP contribution is -2.30. The standard InChI is InChI=1S/C87H144O17P2/c1-5-9-13-17-21-25-29-32-35-38-40-43-45-48-52-55-59-63-67-71-84(89)97-77-82(103-86(91)73-69-65-61-57-51-28-24-20-16-12-8-4)79-101-105(93,94)99-75-81(88)76-100-106(95,96)102-80-83(104-87(92)74-70-66-62-58-54-50-47-42-37-34-31-27-23-19-15-11-7-3)78-98-85(90)72-68-64-60-56-53-49-46-44-41-39-36-33-30-26-22-18-14-10-6-2/h10-11,14-15,21-23,25-27,32-37,40-41,43-44,47,49-50,53,60,64,81-83,88H,5-9,12-13,16-20,24,28-31,38-39,42,45-46,48,51-52,54-59,61-63,65-80H2,1-4H3,(H,93,94)(H,95,96)/b14-10-,15-11-,25-21-,26-22-,27-23-,35-32-,36-33-,37-34-,43-40-,44-41-,50-47-,53-49-,64-60-. The fourth-order valence-electron chi connectivity index (χ4n) is 10.4. The van der Waals surface area contributed by atoms with Crippen LogP contribution >= 0.6 is 15.6 Å². The lowest BCUT2D eigenvalue weighted by Gasteiger charge is -2.21. The molecule has 0 saturated carbocycles. The van der Waals surface area contributed by atoms with Crippen molar-refractivity contribution in [3.8, 4) is 0 Å². The summed E-state index contributed by atoms with van der Waals surface area (Å²) in [7, 11) is -10.00. The highest BCUT2D eigenvalue weighted by Gasteiger charge is 2.30. The van der Waals surface area contributed by atoms with Gasteiger partial charge >= 0.3 is 39.5 Å². The van der Waals surface area contributed by atoms with Crippen LogP contribution in [-0.4, -0.2) is 96.7 Å². The van der Waals surface area contributed by atoms with Gasteiger partial charge in [0.05, 0.1) is 26.4 Å². The molecule has 3 N–H and O–H groups in total. The Morgan fingerprint density at radius 1 is 0.274 bits per heavy atom. The zero-order valence-corrected chi connectivity index (χ0v) is 67.8. The van der Waals surface area contributed by atoms with Gasteiger partial charge in [0.2, 0.25) is 0 Å². The number of unbranched alkanes of at least 4 members (excludes halogenated alkanes) is 23. The highest BCUT2D eigenvalue weighted by molar-refractivity contribution is 7.47. The summed E-state index contributed by atoms with van der Waals surface area (Å²) in [4.78, 5) is 73.0. The average Bonchev–Trinajstić information content (AvgIpc) is 0.919. The van der Waals surface area contributed by atoms with Crippen LogP contribution in [0.2, 0.25) is 0 Å². The fourth-order valence-corrected chi connectivity index (χ4v) is 11.9. The van der Waals surface area contributed by atoms with E-state index in [1.54, 1.807) is 0 Å². The third-order valence-electron chi connectivity index (χ3n) is 16.5. The number of allylic oxidation sites excluding steroid dienone is 26. The summed E-state index contributed by atoms with van der Waals surface area (Å²) >= 11 is 0. The number of esters is 4. The Morgan fingerprint density at radius 3 is 0.830 bits per heavy atom. The van der Waals surface area contributed by atoms with Gasteiger partial charge in [-0.2, -0.15) is 0 Å². The van der Waals surface area contributed by atoms with E-state index in [1.165, 1.54) is 57.8 Å². The number of rotatable bonds is 75. The largest absolute Gasteiger partial charge is 0.472 e. The van der Waals surface area contributed by atoms with E-state index < -0.39 is 97.5 Å². The third kappa shape index (κ3) is 76.9. The van der Waals surface area contributed by atoms with E-state index in [-0.39, 0.29) is 25.7 Å². The molecule has 0 amide bonds. The second kappa shape index (κ2) is 77.8. The molecule has 0 rings (SSSR count). The monoisotopic (exact) mass is 1520 g/mol. The van der Waals surface area contributed by atoms with Gasteiger partial charge in [-0.05, 0) is 141 Å². The molecule has 0 radical (unpaired) electrons. The molecular weight excluding hydrogens is 1380 g/mol. The highest BCUT2D eigenvalue weighted by Crippen LogP contribution is 2.45. The first kappa shape index (κ1) is 101. The minimum atomic E-state index is -5.01. The zero-order valence-electron chi connectivity index (χ0n) is 66.1. The van der Waals surface area contributed by atoms with Crippen molar-refractivity contribution in [1.82, 2.24) is 0 Å². The van der Waals surface area contributed by atoms with Crippen molar-refractivity contribution in [3.05, 3.63) is 158 Å². The lowest BCUT2D eigenvalue weighted by molar-refractivity contribution is -0.161. The predicted octanol–water partition coefficient (Wildman–Crippen LogP) is 24.0. The van der Waals surface area contributed by atoms with Crippen LogP contribution in [0.15, 0.2) is 158 Å². The minimum Gasteiger partial charge on any atom is -0.462 e. The topological polar surface area (TPSA) is 237 Å². The minimum absolute atomic E-state index is 0.0255. The molecule has 5 unspecified atom stereocenters. The van der Waals surface area contributed by atoms with Crippen LogP contribution in [-0.2, 0) is 65.4 Å². The van der Waals surface area contributed by atoms with Gasteiger partial charge in [-0.3, -0.25) is 37.3 Å². The summed E-state index contributed by atoms with van der Waals surface area (Å²) in [5.41, 5.74) is 0. The van der Waals surface area contributed by atoms with E-state index in [2.05, 4.69) is 167 Å². The number of hydrogen-bond donors (Lipinski definition) is 3. The van der Waals surface area contributed by atoms with Gasteiger partial charge in [0.15, 0.2) is 12.2 Å². The third-order valence-corrected chi connectivity index (χ3v) is 18.4. The number of carbonyl (C=O) groups excluding carboxylic acids is 4. The first-order chi connectivity index (χ1) is 51.7. The molecule has 0 fully saturated rings. The van der Waals surface area contributed by atoms with Gasteiger partial charge in [-0.1, -0.05) is 301 Å². The first-order valence-electron chi connectivity index (χ1n) is 40.7. The Labute approximate surface area is 642 Å². The van der Waals surface area contributed by atoms with Crippen molar-refractivity contribution < 1.29 is 80.2 Å². The quantitative estimate of drug-likeness (QED) is 0.0169. The summed E-state index contributed by atoms with van der Waals surface area (Å²) in [6.45, 7) is 4.49. The number of hydrogen-bond acceptors (Lipinski definition) is 15. The van der Waals surface area contributed by atoms with Crippen molar-refractivity contribution in [3.63, 3.8) is 0 Å². The van der Waals surface area contributed by atoms with E-state index in [1.807, 2.05) is 18.2 Å². The predicted molar refractivity (Wildman–Crippen MR) is 436 cm³/mol. The van der Waals surface area contributed by atoms with Crippen LogP contribution in [0.1, 0.15) is 310 Å². The molecule has 0 spiro atoms. The molecule has 17 nitrogen and oxygen atoms in total. The number of aliphatic hydroxyl groups excluding tert-OH is 1. The van der Waals surface area contributed by atoms with Crippen molar-refractivity contribution in [1.29, 1.82) is 0 Å². The summed E-state index contributed by atoms with van der Waals surface area (Å²) in [5.74, 6) is -2.32. The molecule has 0 bridgehead atoms. The SMILES string of the molecule is CC/C=C\C/C=C\C/C=C\C/C=C\C/C=C\C/C=C\CCC(=O)OCC(COP(=O)(O)OCC(O)COP(=O)(O)OCC(COC(=O)CCCCCCCC/C=C\C/C=C\C/C=C\CCCCC)OC(=O)CCCCCCCCCCCCC)OC(=O)CCCCCC/C=C\C/C=C\C/C=C\C/C=C\CC. The molecule has 0 aromatic rings.